The van der Waals surface area contributed by atoms with Gasteiger partial charge in [-0.05, 0) is 56.7 Å². The van der Waals surface area contributed by atoms with Crippen molar-refractivity contribution in [2.24, 2.45) is 11.0 Å². The first-order chi connectivity index (χ1) is 15.5. The van der Waals surface area contributed by atoms with E-state index in [1.54, 1.807) is 6.33 Å². The predicted molar refractivity (Wildman–Crippen MR) is 122 cm³/mol. The zero-order valence-corrected chi connectivity index (χ0v) is 18.5. The third kappa shape index (κ3) is 5.33. The third-order valence-electron chi connectivity index (χ3n) is 6.20. The minimum atomic E-state index is -0.0761. The highest BCUT2D eigenvalue weighted by Gasteiger charge is 2.26. The van der Waals surface area contributed by atoms with Crippen LogP contribution in [0.5, 0.6) is 0 Å². The van der Waals surface area contributed by atoms with Gasteiger partial charge in [0.2, 0.25) is 17.7 Å². The van der Waals surface area contributed by atoms with Crippen molar-refractivity contribution in [3.63, 3.8) is 0 Å². The Labute approximate surface area is 187 Å². The molecule has 3 amide bonds. The fourth-order valence-electron chi connectivity index (χ4n) is 4.43. The van der Waals surface area contributed by atoms with Gasteiger partial charge in [0.05, 0.1) is 17.4 Å². The van der Waals surface area contributed by atoms with Crippen molar-refractivity contribution >= 4 is 40.2 Å². The fraction of sp³-hybridized carbons (Fsp3) is 0.522. The molecule has 2 aromatic rings. The molecule has 3 heterocycles. The number of nitrogens with zero attached hydrogens (tertiary/aromatic N) is 4. The molecular weight excluding hydrogens is 408 g/mol. The lowest BCUT2D eigenvalue weighted by Crippen LogP contribution is -2.41. The van der Waals surface area contributed by atoms with E-state index in [-0.39, 0.29) is 23.6 Å². The van der Waals surface area contributed by atoms with E-state index in [1.165, 1.54) is 0 Å². The first-order valence-electron chi connectivity index (χ1n) is 11.4. The number of piperidine rings is 1. The van der Waals surface area contributed by atoms with Gasteiger partial charge in [-0.2, -0.15) is 5.10 Å². The van der Waals surface area contributed by atoms with Crippen LogP contribution in [0.15, 0.2) is 29.6 Å². The number of aromatic nitrogens is 2. The number of hydrazone groups is 1. The number of benzene rings is 1. The zero-order chi connectivity index (χ0) is 22.5. The number of hydrogen-bond acceptors (Lipinski definition) is 5. The number of amides is 3. The predicted octanol–water partition coefficient (Wildman–Crippen LogP) is 2.67. The number of likely N-dealkylation sites (tertiary alicyclic amines) is 1. The Balaban J connectivity index is 1.26. The number of rotatable bonds is 7. The molecule has 0 saturated carbocycles. The topological polar surface area (TPSA) is 109 Å². The van der Waals surface area contributed by atoms with Crippen molar-refractivity contribution in [2.75, 3.05) is 18.4 Å². The molecule has 0 aliphatic carbocycles. The molecule has 0 spiro atoms. The van der Waals surface area contributed by atoms with Gasteiger partial charge >= 0.3 is 0 Å². The maximum absolute atomic E-state index is 12.7. The van der Waals surface area contributed by atoms with E-state index < -0.39 is 0 Å². The van der Waals surface area contributed by atoms with Gasteiger partial charge < -0.3 is 14.8 Å². The van der Waals surface area contributed by atoms with E-state index in [9.17, 15) is 14.4 Å². The maximum Gasteiger partial charge on any atom is 0.240 e. The van der Waals surface area contributed by atoms with E-state index in [1.807, 2.05) is 23.1 Å². The molecule has 170 valence electrons. The Morgan fingerprint density at radius 1 is 1.28 bits per heavy atom. The summed E-state index contributed by atoms with van der Waals surface area (Å²) < 4.78 is 2.06. The summed E-state index contributed by atoms with van der Waals surface area (Å²) in [5.41, 5.74) is 5.99. The van der Waals surface area contributed by atoms with E-state index >= 15 is 0 Å². The first kappa shape index (κ1) is 22.0. The second-order valence-corrected chi connectivity index (χ2v) is 8.55. The van der Waals surface area contributed by atoms with Gasteiger partial charge in [0, 0.05) is 50.3 Å². The van der Waals surface area contributed by atoms with Crippen LogP contribution in [0.2, 0.25) is 0 Å². The molecule has 1 atom stereocenters. The molecule has 1 saturated heterocycles. The summed E-state index contributed by atoms with van der Waals surface area (Å²) in [4.78, 5) is 42.7. The molecule has 32 heavy (non-hydrogen) atoms. The summed E-state index contributed by atoms with van der Waals surface area (Å²) in [6.45, 7) is 4.26. The van der Waals surface area contributed by atoms with Crippen LogP contribution in [0.25, 0.3) is 11.0 Å². The molecule has 1 aromatic heterocycles. The van der Waals surface area contributed by atoms with Crippen LogP contribution in [-0.4, -0.2) is 51.0 Å². The number of anilines is 1. The summed E-state index contributed by atoms with van der Waals surface area (Å²) in [6, 6.07) is 5.78. The number of hydrogen-bond donors (Lipinski definition) is 2. The minimum Gasteiger partial charge on any atom is -0.342 e. The van der Waals surface area contributed by atoms with Crippen molar-refractivity contribution in [3.8, 4) is 0 Å². The minimum absolute atomic E-state index is 0.0362. The second-order valence-electron chi connectivity index (χ2n) is 8.55. The Morgan fingerprint density at radius 2 is 2.16 bits per heavy atom. The highest BCUT2D eigenvalue weighted by atomic mass is 16.2. The molecule has 9 nitrogen and oxygen atoms in total. The Morgan fingerprint density at radius 3 is 2.94 bits per heavy atom. The molecular formula is C23H30N6O3. The maximum atomic E-state index is 12.7. The lowest BCUT2D eigenvalue weighted by Gasteiger charge is -2.32. The van der Waals surface area contributed by atoms with Gasteiger partial charge in [0.25, 0.3) is 0 Å². The first-order valence-corrected chi connectivity index (χ1v) is 11.4. The molecule has 2 N–H and O–H groups in total. The standard InChI is InChI=1S/C23H30N6O3/c1-2-28-15-24-19-13-18(5-8-20(19)28)25-22(31)12-16-4-3-11-29(14-16)23(32)10-7-17-6-9-21(30)27-26-17/h5,8,13,15-16H,2-4,6-7,9-12,14H2,1H3,(H,25,31)(H,27,30)/t16-/m0/s1. The van der Waals surface area contributed by atoms with E-state index in [2.05, 4.69) is 32.3 Å². The van der Waals surface area contributed by atoms with Crippen molar-refractivity contribution in [1.29, 1.82) is 0 Å². The largest absolute Gasteiger partial charge is 0.342 e. The van der Waals surface area contributed by atoms with Crippen molar-refractivity contribution in [3.05, 3.63) is 24.5 Å². The quantitative estimate of drug-likeness (QED) is 0.693. The van der Waals surface area contributed by atoms with Crippen LogP contribution in [0.4, 0.5) is 5.69 Å². The van der Waals surface area contributed by atoms with Crippen molar-refractivity contribution < 1.29 is 14.4 Å². The number of imidazole rings is 1. The Kier molecular flexibility index (Phi) is 6.82. The Hall–Kier alpha value is -3.23. The van der Waals surface area contributed by atoms with Crippen LogP contribution in [0.3, 0.4) is 0 Å². The normalized spacial score (nSPS) is 18.9. The van der Waals surface area contributed by atoms with Gasteiger partial charge in [-0.25, -0.2) is 10.4 Å². The number of fused-ring (bicyclic) bond motifs is 1. The van der Waals surface area contributed by atoms with Gasteiger partial charge in [0.1, 0.15) is 0 Å². The van der Waals surface area contributed by atoms with Crippen LogP contribution >= 0.6 is 0 Å². The molecule has 9 heteroatoms. The second kappa shape index (κ2) is 9.93. The molecule has 0 bridgehead atoms. The average Bonchev–Trinajstić information content (AvgIpc) is 3.21. The lowest BCUT2D eigenvalue weighted by atomic mass is 9.94. The monoisotopic (exact) mass is 438 g/mol. The highest BCUT2D eigenvalue weighted by molar-refractivity contribution is 5.95. The number of carbonyl (C=O) groups is 3. The van der Waals surface area contributed by atoms with Crippen LogP contribution in [-0.2, 0) is 20.9 Å². The third-order valence-corrected chi connectivity index (χ3v) is 6.20. The SMILES string of the molecule is CCn1cnc2cc(NC(=O)C[C@@H]3CCCN(C(=O)CCC4=NNC(=O)CC4)C3)ccc21. The summed E-state index contributed by atoms with van der Waals surface area (Å²) in [5.74, 6) is 0.132. The van der Waals surface area contributed by atoms with Gasteiger partial charge in [-0.1, -0.05) is 0 Å². The van der Waals surface area contributed by atoms with Crippen LogP contribution < -0.4 is 10.7 Å². The summed E-state index contributed by atoms with van der Waals surface area (Å²) >= 11 is 0. The van der Waals surface area contributed by atoms with Gasteiger partial charge in [0.15, 0.2) is 0 Å². The molecule has 2 aliphatic rings. The molecule has 4 rings (SSSR count). The summed E-state index contributed by atoms with van der Waals surface area (Å²) in [7, 11) is 0. The van der Waals surface area contributed by atoms with E-state index in [0.717, 1.165) is 48.4 Å². The van der Waals surface area contributed by atoms with E-state index in [4.69, 9.17) is 0 Å². The van der Waals surface area contributed by atoms with E-state index in [0.29, 0.717) is 38.6 Å². The number of nitrogens with one attached hydrogen (secondary N) is 2. The summed E-state index contributed by atoms with van der Waals surface area (Å²) in [6.07, 6.45) is 6.05. The average molecular weight is 439 g/mol. The van der Waals surface area contributed by atoms with Crippen LogP contribution in [0, 0.1) is 5.92 Å². The molecule has 1 fully saturated rings. The van der Waals surface area contributed by atoms with Gasteiger partial charge in [-0.3, -0.25) is 14.4 Å². The molecule has 2 aliphatic heterocycles. The lowest BCUT2D eigenvalue weighted by molar-refractivity contribution is -0.133. The fourth-order valence-corrected chi connectivity index (χ4v) is 4.43. The molecule has 1 aromatic carbocycles. The zero-order valence-electron chi connectivity index (χ0n) is 18.5. The van der Waals surface area contributed by atoms with Crippen LogP contribution in [0.1, 0.15) is 51.9 Å². The van der Waals surface area contributed by atoms with Crippen molar-refractivity contribution in [1.82, 2.24) is 19.9 Å². The number of carbonyl (C=O) groups excluding carboxylic acids is 3. The number of aryl methyl sites for hydroxylation is 1. The smallest absolute Gasteiger partial charge is 0.240 e. The molecule has 0 radical (unpaired) electrons. The van der Waals surface area contributed by atoms with Crippen molar-refractivity contribution in [2.45, 2.75) is 58.4 Å². The van der Waals surface area contributed by atoms with Gasteiger partial charge in [-0.15, -0.1) is 0 Å². The molecule has 0 unspecified atom stereocenters. The highest BCUT2D eigenvalue weighted by Crippen LogP contribution is 2.23. The summed E-state index contributed by atoms with van der Waals surface area (Å²) in [5, 5.41) is 7.02. The Bertz CT molecular complexity index is 1040.